The van der Waals surface area contributed by atoms with Crippen molar-refractivity contribution in [3.8, 4) is 0 Å². The second-order valence-corrected chi connectivity index (χ2v) is 5.63. The van der Waals surface area contributed by atoms with Crippen LogP contribution in [0.25, 0.3) is 0 Å². The Hall–Kier alpha value is -0.690. The Morgan fingerprint density at radius 3 is 2.47 bits per heavy atom. The number of hydrogen-bond donors (Lipinski definition) is 1. The molecule has 3 heterocycles. The number of carbonyl (C=O) groups is 1. The van der Waals surface area contributed by atoms with Crippen LogP contribution in [-0.2, 0) is 9.53 Å². The molecule has 0 bridgehead atoms. The van der Waals surface area contributed by atoms with E-state index in [1.54, 1.807) is 0 Å². The highest BCUT2D eigenvalue weighted by Gasteiger charge is 2.33. The fourth-order valence-corrected chi connectivity index (χ4v) is 3.05. The van der Waals surface area contributed by atoms with E-state index in [2.05, 4.69) is 15.1 Å². The minimum Gasteiger partial charge on any atom is -0.378 e. The van der Waals surface area contributed by atoms with Gasteiger partial charge in [0.2, 0.25) is 5.91 Å². The molecule has 3 aliphatic heterocycles. The van der Waals surface area contributed by atoms with Crippen molar-refractivity contribution in [2.45, 2.75) is 6.04 Å². The predicted octanol–water partition coefficient (Wildman–Crippen LogP) is -1.57. The van der Waals surface area contributed by atoms with E-state index < -0.39 is 0 Å². The Kier molecular flexibility index (Phi) is 4.32. The molecule has 0 aromatic carbocycles. The van der Waals surface area contributed by atoms with Crippen molar-refractivity contribution < 1.29 is 9.53 Å². The molecule has 0 aliphatic carbocycles. The van der Waals surface area contributed by atoms with Gasteiger partial charge >= 0.3 is 0 Å². The van der Waals surface area contributed by atoms with Gasteiger partial charge in [0.05, 0.1) is 19.8 Å². The summed E-state index contributed by atoms with van der Waals surface area (Å²) in [4.78, 5) is 18.8. The molecule has 108 valence electrons. The molecule has 1 N–H and O–H groups in total. The summed E-state index contributed by atoms with van der Waals surface area (Å²) in [5.41, 5.74) is 0. The Labute approximate surface area is 114 Å². The number of piperazine rings is 1. The number of rotatable bonds is 3. The monoisotopic (exact) mass is 268 g/mol. The lowest BCUT2D eigenvalue weighted by Gasteiger charge is -2.47. The summed E-state index contributed by atoms with van der Waals surface area (Å²) in [6, 6.07) is 0.666. The summed E-state index contributed by atoms with van der Waals surface area (Å²) in [6.07, 6.45) is 0. The summed E-state index contributed by atoms with van der Waals surface area (Å²) < 4.78 is 5.27. The zero-order chi connectivity index (χ0) is 13.1. The topological polar surface area (TPSA) is 48.1 Å². The molecule has 0 atom stereocenters. The van der Waals surface area contributed by atoms with E-state index in [0.717, 1.165) is 52.4 Å². The van der Waals surface area contributed by atoms with Crippen molar-refractivity contribution in [3.05, 3.63) is 0 Å². The molecule has 1 amide bonds. The maximum absolute atomic E-state index is 12.1. The molecule has 0 saturated carbocycles. The van der Waals surface area contributed by atoms with Gasteiger partial charge in [-0.15, -0.1) is 0 Å². The van der Waals surface area contributed by atoms with Gasteiger partial charge < -0.3 is 15.0 Å². The molecule has 3 rings (SSSR count). The second-order valence-electron chi connectivity index (χ2n) is 5.63. The molecule has 6 nitrogen and oxygen atoms in total. The first-order chi connectivity index (χ1) is 9.33. The van der Waals surface area contributed by atoms with Crippen LogP contribution in [0.15, 0.2) is 0 Å². The zero-order valence-electron chi connectivity index (χ0n) is 11.5. The molecule has 0 spiro atoms. The molecular formula is C13H24N4O2. The van der Waals surface area contributed by atoms with Gasteiger partial charge in [0.15, 0.2) is 0 Å². The third-order valence-electron chi connectivity index (χ3n) is 4.33. The van der Waals surface area contributed by atoms with Gasteiger partial charge in [0.25, 0.3) is 0 Å². The lowest BCUT2D eigenvalue weighted by molar-refractivity contribution is -0.138. The maximum Gasteiger partial charge on any atom is 0.236 e. The Morgan fingerprint density at radius 2 is 1.79 bits per heavy atom. The number of nitrogens with one attached hydrogen (secondary N) is 1. The summed E-state index contributed by atoms with van der Waals surface area (Å²) >= 11 is 0. The van der Waals surface area contributed by atoms with Crippen molar-refractivity contribution >= 4 is 5.91 Å². The van der Waals surface area contributed by atoms with Crippen molar-refractivity contribution in [3.63, 3.8) is 0 Å². The third-order valence-corrected chi connectivity index (χ3v) is 4.33. The highest BCUT2D eigenvalue weighted by molar-refractivity contribution is 5.78. The van der Waals surface area contributed by atoms with E-state index in [-0.39, 0.29) is 5.91 Å². The molecule has 19 heavy (non-hydrogen) atoms. The van der Waals surface area contributed by atoms with Crippen LogP contribution in [-0.4, -0.2) is 98.8 Å². The van der Waals surface area contributed by atoms with E-state index in [1.165, 1.54) is 0 Å². The van der Waals surface area contributed by atoms with Gasteiger partial charge in [-0.3, -0.25) is 14.6 Å². The fraction of sp³-hybridized carbons (Fsp3) is 0.923. The quantitative estimate of drug-likeness (QED) is 0.670. The van der Waals surface area contributed by atoms with Crippen molar-refractivity contribution in [2.75, 3.05) is 72.1 Å². The van der Waals surface area contributed by atoms with Gasteiger partial charge in [0.1, 0.15) is 0 Å². The van der Waals surface area contributed by atoms with Crippen LogP contribution in [0, 0.1) is 0 Å². The van der Waals surface area contributed by atoms with Gasteiger partial charge in [-0.25, -0.2) is 0 Å². The molecule has 0 radical (unpaired) electrons. The van der Waals surface area contributed by atoms with Gasteiger partial charge in [-0.05, 0) is 0 Å². The summed E-state index contributed by atoms with van der Waals surface area (Å²) in [5.74, 6) is 0.266. The molecule has 0 aromatic rings. The van der Waals surface area contributed by atoms with E-state index in [4.69, 9.17) is 4.74 Å². The van der Waals surface area contributed by atoms with Gasteiger partial charge in [0, 0.05) is 58.4 Å². The first-order valence-electron chi connectivity index (χ1n) is 7.35. The van der Waals surface area contributed by atoms with Crippen LogP contribution < -0.4 is 5.32 Å². The lowest BCUT2D eigenvalue weighted by Crippen LogP contribution is -2.64. The SMILES string of the molecule is O=C(CN1CC(N2CCNCC2)C1)N1CCOCC1. The minimum absolute atomic E-state index is 0.266. The predicted molar refractivity (Wildman–Crippen MR) is 72.1 cm³/mol. The average molecular weight is 268 g/mol. The Balaban J connectivity index is 1.37. The van der Waals surface area contributed by atoms with Crippen molar-refractivity contribution in [2.24, 2.45) is 0 Å². The van der Waals surface area contributed by atoms with Gasteiger partial charge in [-0.2, -0.15) is 0 Å². The number of nitrogens with zero attached hydrogens (tertiary/aromatic N) is 3. The van der Waals surface area contributed by atoms with Crippen LogP contribution in [0.4, 0.5) is 0 Å². The number of carbonyl (C=O) groups excluding carboxylic acids is 1. The Bertz CT molecular complexity index is 308. The first kappa shape index (κ1) is 13.3. The standard InChI is InChI=1S/C13H24N4O2/c18-13(17-5-7-19-8-6-17)11-15-9-12(10-15)16-3-1-14-2-4-16/h12,14H,1-11H2. The second kappa shape index (κ2) is 6.17. The maximum atomic E-state index is 12.1. The van der Waals surface area contributed by atoms with Crippen LogP contribution in [0.1, 0.15) is 0 Å². The molecular weight excluding hydrogens is 244 g/mol. The first-order valence-corrected chi connectivity index (χ1v) is 7.35. The van der Waals surface area contributed by atoms with Gasteiger partial charge in [-0.1, -0.05) is 0 Å². The number of amides is 1. The van der Waals surface area contributed by atoms with Crippen LogP contribution in [0.5, 0.6) is 0 Å². The largest absolute Gasteiger partial charge is 0.378 e. The van der Waals surface area contributed by atoms with Crippen LogP contribution in [0.3, 0.4) is 0 Å². The normalized spacial score (nSPS) is 27.3. The number of ether oxygens (including phenoxy) is 1. The van der Waals surface area contributed by atoms with E-state index in [1.807, 2.05) is 4.90 Å². The number of likely N-dealkylation sites (tertiary alicyclic amines) is 1. The molecule has 3 saturated heterocycles. The van der Waals surface area contributed by atoms with Crippen molar-refractivity contribution in [1.29, 1.82) is 0 Å². The summed E-state index contributed by atoms with van der Waals surface area (Å²) in [5, 5.41) is 3.38. The highest BCUT2D eigenvalue weighted by atomic mass is 16.5. The number of hydrogen-bond acceptors (Lipinski definition) is 5. The van der Waals surface area contributed by atoms with E-state index in [9.17, 15) is 4.79 Å². The molecule has 3 aliphatic rings. The summed E-state index contributed by atoms with van der Waals surface area (Å²) in [7, 11) is 0. The van der Waals surface area contributed by atoms with Crippen LogP contribution in [0.2, 0.25) is 0 Å². The molecule has 0 unspecified atom stereocenters. The smallest absolute Gasteiger partial charge is 0.236 e. The Morgan fingerprint density at radius 1 is 1.11 bits per heavy atom. The zero-order valence-corrected chi connectivity index (χ0v) is 11.5. The molecule has 0 aromatic heterocycles. The minimum atomic E-state index is 0.266. The average Bonchev–Trinajstić information content (AvgIpc) is 2.44. The van der Waals surface area contributed by atoms with Crippen molar-refractivity contribution in [1.82, 2.24) is 20.0 Å². The lowest BCUT2D eigenvalue weighted by atomic mass is 10.1. The third kappa shape index (κ3) is 3.25. The molecule has 6 heteroatoms. The summed E-state index contributed by atoms with van der Waals surface area (Å²) in [6.45, 7) is 10.1. The van der Waals surface area contributed by atoms with E-state index in [0.29, 0.717) is 25.8 Å². The van der Waals surface area contributed by atoms with Crippen LogP contribution >= 0.6 is 0 Å². The molecule has 3 fully saturated rings. The highest BCUT2D eigenvalue weighted by Crippen LogP contribution is 2.15. The number of morpholine rings is 1. The fourth-order valence-electron chi connectivity index (χ4n) is 3.05. The van der Waals surface area contributed by atoms with E-state index >= 15 is 0 Å².